The molecule has 20 heavy (non-hydrogen) atoms. The van der Waals surface area contributed by atoms with Crippen molar-refractivity contribution in [2.75, 3.05) is 20.2 Å². The first-order valence-corrected chi connectivity index (χ1v) is 8.18. The molecule has 5 nitrogen and oxygen atoms in total. The Morgan fingerprint density at radius 3 is 2.60 bits per heavy atom. The first-order chi connectivity index (χ1) is 9.43. The number of ether oxygens (including phenoxy) is 1. The fourth-order valence-corrected chi connectivity index (χ4v) is 3.89. The number of hydrogen-bond acceptors (Lipinski definition) is 4. The van der Waals surface area contributed by atoms with Crippen LogP contribution < -0.4 is 5.73 Å². The molecule has 0 spiro atoms. The maximum Gasteiger partial charge on any atom is 0.243 e. The van der Waals surface area contributed by atoms with Crippen molar-refractivity contribution in [3.8, 4) is 0 Å². The highest BCUT2D eigenvalue weighted by atomic mass is 32.2. The van der Waals surface area contributed by atoms with Crippen molar-refractivity contribution >= 4 is 27.2 Å². The van der Waals surface area contributed by atoms with E-state index in [9.17, 15) is 8.42 Å². The molecular weight excluding hydrogens is 296 g/mol. The molecule has 1 aromatic rings. The van der Waals surface area contributed by atoms with Gasteiger partial charge in [-0.2, -0.15) is 4.31 Å². The Kier molecular flexibility index (Phi) is 4.74. The van der Waals surface area contributed by atoms with E-state index in [4.69, 9.17) is 22.7 Å². The van der Waals surface area contributed by atoms with Gasteiger partial charge < -0.3 is 10.5 Å². The first-order valence-electron chi connectivity index (χ1n) is 6.33. The minimum Gasteiger partial charge on any atom is -0.393 e. The number of methoxy groups -OCH3 is 1. The Bertz CT molecular complexity index is 584. The third kappa shape index (κ3) is 3.35. The van der Waals surface area contributed by atoms with Crippen LogP contribution in [0.5, 0.6) is 0 Å². The molecule has 1 aromatic carbocycles. The summed E-state index contributed by atoms with van der Waals surface area (Å²) in [6, 6.07) is 6.69. The van der Waals surface area contributed by atoms with E-state index >= 15 is 0 Å². The summed E-state index contributed by atoms with van der Waals surface area (Å²) in [6.07, 6.45) is 1.19. The molecule has 110 valence electrons. The molecular formula is C13H18N2O3S2. The molecule has 1 atom stereocenters. The average molecular weight is 314 g/mol. The molecule has 1 aliphatic heterocycles. The van der Waals surface area contributed by atoms with E-state index in [1.165, 1.54) is 4.31 Å². The van der Waals surface area contributed by atoms with Crippen LogP contribution in [-0.4, -0.2) is 44.0 Å². The van der Waals surface area contributed by atoms with Crippen molar-refractivity contribution < 1.29 is 13.2 Å². The van der Waals surface area contributed by atoms with Crippen molar-refractivity contribution in [3.05, 3.63) is 29.8 Å². The average Bonchev–Trinajstić information content (AvgIpc) is 2.88. The largest absolute Gasteiger partial charge is 0.393 e. The van der Waals surface area contributed by atoms with Crippen LogP contribution in [0.15, 0.2) is 29.2 Å². The van der Waals surface area contributed by atoms with Gasteiger partial charge in [-0.3, -0.25) is 0 Å². The summed E-state index contributed by atoms with van der Waals surface area (Å²) in [4.78, 5) is 0.684. The van der Waals surface area contributed by atoms with Crippen LogP contribution in [0.25, 0.3) is 0 Å². The van der Waals surface area contributed by atoms with E-state index in [0.717, 1.165) is 12.0 Å². The normalized spacial score (nSPS) is 20.1. The van der Waals surface area contributed by atoms with Gasteiger partial charge in [0.05, 0.1) is 16.0 Å². The van der Waals surface area contributed by atoms with Gasteiger partial charge in [0.1, 0.15) is 0 Å². The maximum absolute atomic E-state index is 12.4. The van der Waals surface area contributed by atoms with Gasteiger partial charge in [-0.25, -0.2) is 8.42 Å². The molecule has 7 heteroatoms. The van der Waals surface area contributed by atoms with Gasteiger partial charge >= 0.3 is 0 Å². The standard InChI is InChI=1S/C13H18N2O3S2/c1-18-11-6-7-15(9-11)20(16,17)12-4-2-10(3-5-12)8-13(14)19/h2-5,11H,6-9H2,1H3,(H2,14,19). The van der Waals surface area contributed by atoms with Crippen LogP contribution in [-0.2, 0) is 21.2 Å². The number of nitrogens with two attached hydrogens (primary N) is 1. The molecule has 0 saturated carbocycles. The topological polar surface area (TPSA) is 72.6 Å². The molecule has 2 rings (SSSR count). The molecule has 0 amide bonds. The number of rotatable bonds is 5. The fourth-order valence-electron chi connectivity index (χ4n) is 2.24. The smallest absolute Gasteiger partial charge is 0.243 e. The van der Waals surface area contributed by atoms with Gasteiger partial charge in [-0.1, -0.05) is 24.4 Å². The van der Waals surface area contributed by atoms with E-state index in [2.05, 4.69) is 0 Å². The summed E-state index contributed by atoms with van der Waals surface area (Å²) >= 11 is 4.83. The monoisotopic (exact) mass is 314 g/mol. The van der Waals surface area contributed by atoms with Crippen molar-refractivity contribution in [3.63, 3.8) is 0 Å². The Balaban J connectivity index is 2.16. The molecule has 1 fully saturated rings. The Morgan fingerprint density at radius 1 is 1.45 bits per heavy atom. The molecule has 0 aromatic heterocycles. The number of nitrogens with zero attached hydrogens (tertiary/aromatic N) is 1. The highest BCUT2D eigenvalue weighted by Crippen LogP contribution is 2.22. The van der Waals surface area contributed by atoms with Crippen LogP contribution in [0.1, 0.15) is 12.0 Å². The lowest BCUT2D eigenvalue weighted by Gasteiger charge is -2.16. The highest BCUT2D eigenvalue weighted by Gasteiger charge is 2.32. The summed E-state index contributed by atoms with van der Waals surface area (Å²) in [5.74, 6) is 0. The van der Waals surface area contributed by atoms with Gasteiger partial charge in [-0.05, 0) is 24.1 Å². The third-order valence-corrected chi connectivity index (χ3v) is 5.40. The number of hydrogen-bond donors (Lipinski definition) is 1. The molecule has 0 aliphatic carbocycles. The lowest BCUT2D eigenvalue weighted by molar-refractivity contribution is 0.115. The van der Waals surface area contributed by atoms with E-state index in [0.29, 0.717) is 29.4 Å². The second kappa shape index (κ2) is 6.17. The van der Waals surface area contributed by atoms with Crippen molar-refractivity contribution in [1.29, 1.82) is 0 Å². The number of thiocarbonyl (C=S) groups is 1. The third-order valence-electron chi connectivity index (χ3n) is 3.38. The van der Waals surface area contributed by atoms with Crippen molar-refractivity contribution in [2.45, 2.75) is 23.8 Å². The minimum atomic E-state index is -3.44. The van der Waals surface area contributed by atoms with Crippen molar-refractivity contribution in [1.82, 2.24) is 4.31 Å². The number of sulfonamides is 1. The second-order valence-electron chi connectivity index (χ2n) is 4.80. The zero-order valence-corrected chi connectivity index (χ0v) is 12.9. The summed E-state index contributed by atoms with van der Waals surface area (Å²) in [5, 5.41) is 0. The lowest BCUT2D eigenvalue weighted by atomic mass is 10.1. The molecule has 1 heterocycles. The molecule has 0 radical (unpaired) electrons. The van der Waals surface area contributed by atoms with Gasteiger partial charge in [-0.15, -0.1) is 0 Å². The van der Waals surface area contributed by atoms with Crippen LogP contribution in [0.3, 0.4) is 0 Å². The predicted octanol–water partition coefficient (Wildman–Crippen LogP) is 0.925. The Morgan fingerprint density at radius 2 is 2.10 bits per heavy atom. The fraction of sp³-hybridized carbons (Fsp3) is 0.462. The maximum atomic E-state index is 12.4. The molecule has 1 unspecified atom stereocenters. The van der Waals surface area contributed by atoms with Crippen LogP contribution in [0.2, 0.25) is 0 Å². The minimum absolute atomic E-state index is 0.0151. The molecule has 0 bridgehead atoms. The summed E-state index contributed by atoms with van der Waals surface area (Å²) in [7, 11) is -1.84. The van der Waals surface area contributed by atoms with E-state index < -0.39 is 10.0 Å². The zero-order valence-electron chi connectivity index (χ0n) is 11.3. The number of benzene rings is 1. The van der Waals surface area contributed by atoms with Crippen molar-refractivity contribution in [2.24, 2.45) is 5.73 Å². The zero-order chi connectivity index (χ0) is 14.8. The lowest BCUT2D eigenvalue weighted by Crippen LogP contribution is -2.30. The van der Waals surface area contributed by atoms with Crippen LogP contribution in [0, 0.1) is 0 Å². The molecule has 1 saturated heterocycles. The molecule has 2 N–H and O–H groups in total. The summed E-state index contributed by atoms with van der Waals surface area (Å²) in [6.45, 7) is 0.906. The second-order valence-corrected chi connectivity index (χ2v) is 7.26. The quantitative estimate of drug-likeness (QED) is 0.818. The summed E-state index contributed by atoms with van der Waals surface area (Å²) in [5.41, 5.74) is 6.38. The Labute approximate surface area is 124 Å². The van der Waals surface area contributed by atoms with Gasteiger partial charge in [0.25, 0.3) is 0 Å². The first kappa shape index (κ1) is 15.4. The predicted molar refractivity (Wildman–Crippen MR) is 81.1 cm³/mol. The van der Waals surface area contributed by atoms with Crippen LogP contribution in [0.4, 0.5) is 0 Å². The Hall–Kier alpha value is -1.02. The highest BCUT2D eigenvalue weighted by molar-refractivity contribution is 7.89. The van der Waals surface area contributed by atoms with Gasteiger partial charge in [0.15, 0.2) is 0 Å². The van der Waals surface area contributed by atoms with Gasteiger partial charge in [0, 0.05) is 26.6 Å². The van der Waals surface area contributed by atoms with E-state index in [1.54, 1.807) is 31.4 Å². The van der Waals surface area contributed by atoms with Gasteiger partial charge in [0.2, 0.25) is 10.0 Å². The molecule has 1 aliphatic rings. The van der Waals surface area contributed by atoms with E-state index in [1.807, 2.05) is 0 Å². The summed E-state index contributed by atoms with van der Waals surface area (Å²) < 4.78 is 31.6. The SMILES string of the molecule is COC1CCN(S(=O)(=O)c2ccc(CC(N)=S)cc2)C1. The van der Waals surface area contributed by atoms with E-state index in [-0.39, 0.29) is 6.10 Å². The van der Waals surface area contributed by atoms with Crippen LogP contribution >= 0.6 is 12.2 Å².